The Morgan fingerprint density at radius 3 is 2.36 bits per heavy atom. The predicted molar refractivity (Wildman–Crippen MR) is 243 cm³/mol. The van der Waals surface area contributed by atoms with E-state index in [4.69, 9.17) is 24.2 Å². The third-order valence-corrected chi connectivity index (χ3v) is 12.2. The summed E-state index contributed by atoms with van der Waals surface area (Å²) in [6, 6.07) is 31.7. The molecule has 0 radical (unpaired) electrons. The van der Waals surface area contributed by atoms with Crippen LogP contribution in [0.25, 0.3) is 32.5 Å². The van der Waals surface area contributed by atoms with Crippen LogP contribution in [0.15, 0.2) is 134 Å². The number of hydrogen-bond acceptors (Lipinski definition) is 14. The zero-order chi connectivity index (χ0) is 43.6. The summed E-state index contributed by atoms with van der Waals surface area (Å²) in [6.07, 6.45) is 10.2. The van der Waals surface area contributed by atoms with Crippen LogP contribution in [0.2, 0.25) is 0 Å². The summed E-state index contributed by atoms with van der Waals surface area (Å²) in [5, 5.41) is 4.18. The molecule has 64 heavy (non-hydrogen) atoms. The van der Waals surface area contributed by atoms with Gasteiger partial charge < -0.3 is 24.5 Å². The number of carbonyl (C=O) groups excluding carboxylic acids is 2. The number of pyridine rings is 1. The first-order chi connectivity index (χ1) is 31.3. The van der Waals surface area contributed by atoms with E-state index in [2.05, 4.69) is 48.2 Å². The molecule has 0 spiro atoms. The maximum Gasteiger partial charge on any atom is 0.246 e. The largest absolute Gasteiger partial charge is 0.495 e. The highest BCUT2D eigenvalue weighted by Gasteiger charge is 2.40. The second-order valence-electron chi connectivity index (χ2n) is 15.9. The molecule has 1 saturated carbocycles. The van der Waals surface area contributed by atoms with Gasteiger partial charge in [0.25, 0.3) is 0 Å². The molecule has 2 atom stereocenters. The van der Waals surface area contributed by atoms with Gasteiger partial charge in [-0.3, -0.25) is 19.6 Å². The molecule has 0 saturated heterocycles. The first-order valence-electron chi connectivity index (χ1n) is 20.6. The lowest BCUT2D eigenvalue weighted by Gasteiger charge is -2.37. The summed E-state index contributed by atoms with van der Waals surface area (Å²) in [5.41, 5.74) is 5.72. The van der Waals surface area contributed by atoms with Crippen LogP contribution in [0, 0.1) is 5.41 Å². The number of aromatic nitrogens is 8. The Bertz CT molecular complexity index is 3110. The average molecular weight is 866 g/mol. The number of hydrogen-bond donors (Lipinski definition) is 2. The summed E-state index contributed by atoms with van der Waals surface area (Å²) in [5.74, 6) is 1.62. The normalized spacial score (nSPS) is 16.2. The van der Waals surface area contributed by atoms with Gasteiger partial charge in [0.05, 0.1) is 46.2 Å². The van der Waals surface area contributed by atoms with Gasteiger partial charge in [-0.2, -0.15) is 0 Å². The number of nitrogens with one attached hydrogen (secondary N) is 2. The van der Waals surface area contributed by atoms with E-state index in [0.717, 1.165) is 26.6 Å². The SMILES string of the molecule is COc1cncc(-c2ncc(CC3(C)CCC(=O)C(c4nccnc4Oc4ccc(C(=O)c5nc6ccccc6[nH]5)cc4)C3)nc2Oc2ccc(Nc3nc4ccccc4s3)cc2)c1. The van der Waals surface area contributed by atoms with Gasteiger partial charge in [-0.1, -0.05) is 42.5 Å². The number of Topliss-reactive ketones (excluding diaryl/α,β-unsaturated/α-hetero) is 1. The molecule has 9 aromatic rings. The summed E-state index contributed by atoms with van der Waals surface area (Å²) in [6.45, 7) is 2.15. The molecule has 10 rings (SSSR count). The Hall–Kier alpha value is -7.91. The Kier molecular flexibility index (Phi) is 10.7. The molecule has 4 aromatic carbocycles. The Morgan fingerprint density at radius 2 is 1.56 bits per heavy atom. The number of methoxy groups -OCH3 is 1. The highest BCUT2D eigenvalue weighted by molar-refractivity contribution is 7.22. The van der Waals surface area contributed by atoms with Crippen LogP contribution < -0.4 is 19.5 Å². The molecule has 1 fully saturated rings. The second kappa shape index (κ2) is 17.1. The number of ether oxygens (including phenoxy) is 3. The smallest absolute Gasteiger partial charge is 0.246 e. The summed E-state index contributed by atoms with van der Waals surface area (Å²) < 4.78 is 19.3. The standard InChI is InChI=1S/C49H39N9O5S/c1-49(20-19-40(59)36(25-49)43-46(52-22-21-51-43)62-33-15-11-29(12-16-33)44(60)45-56-37-7-3-4-8-38(37)57-45)24-32-27-53-42(30-23-35(61-2)28-50-26-30)47(54-32)63-34-17-13-31(14-18-34)55-48-58-39-9-5-6-10-41(39)64-48/h3-18,21-23,26-28,36H,19-20,24-25H2,1-2H3,(H,55,58)(H,56,57). The van der Waals surface area contributed by atoms with Crippen molar-refractivity contribution in [2.75, 3.05) is 12.4 Å². The van der Waals surface area contributed by atoms with Gasteiger partial charge in [-0.05, 0) is 104 Å². The van der Waals surface area contributed by atoms with Crippen LogP contribution in [0.4, 0.5) is 10.8 Å². The van der Waals surface area contributed by atoms with Gasteiger partial charge in [0.2, 0.25) is 17.5 Å². The fraction of sp³-hybridized carbons (Fsp3) is 0.163. The number of benzene rings is 4. The predicted octanol–water partition coefficient (Wildman–Crippen LogP) is 10.5. The average Bonchev–Trinajstić information content (AvgIpc) is 3.95. The number of nitrogens with zero attached hydrogens (tertiary/aromatic N) is 7. The number of para-hydroxylation sites is 3. The van der Waals surface area contributed by atoms with E-state index in [1.165, 1.54) is 6.20 Å². The fourth-order valence-electron chi connectivity index (χ4n) is 7.98. The van der Waals surface area contributed by atoms with Crippen molar-refractivity contribution in [1.29, 1.82) is 0 Å². The summed E-state index contributed by atoms with van der Waals surface area (Å²) in [4.78, 5) is 62.6. The summed E-state index contributed by atoms with van der Waals surface area (Å²) >= 11 is 1.59. The Balaban J connectivity index is 0.871. The molecule has 15 heteroatoms. The minimum Gasteiger partial charge on any atom is -0.495 e. The van der Waals surface area contributed by atoms with Crippen molar-refractivity contribution >= 4 is 55.0 Å². The van der Waals surface area contributed by atoms with Crippen LogP contribution in [-0.4, -0.2) is 58.5 Å². The van der Waals surface area contributed by atoms with E-state index in [-0.39, 0.29) is 28.7 Å². The number of ketones is 2. The molecular weight excluding hydrogens is 827 g/mol. The molecule has 0 aliphatic heterocycles. The number of carbonyl (C=O) groups is 2. The van der Waals surface area contributed by atoms with E-state index < -0.39 is 5.92 Å². The van der Waals surface area contributed by atoms with E-state index in [9.17, 15) is 9.59 Å². The van der Waals surface area contributed by atoms with Gasteiger partial charge in [-0.25, -0.2) is 24.9 Å². The lowest BCUT2D eigenvalue weighted by molar-refractivity contribution is -0.124. The zero-order valence-corrected chi connectivity index (χ0v) is 35.5. The second-order valence-corrected chi connectivity index (χ2v) is 16.9. The first-order valence-corrected chi connectivity index (χ1v) is 21.4. The molecule has 1 aliphatic rings. The lowest BCUT2D eigenvalue weighted by atomic mass is 9.67. The molecule has 1 aliphatic carbocycles. The molecule has 2 unspecified atom stereocenters. The van der Waals surface area contributed by atoms with Crippen molar-refractivity contribution < 1.29 is 23.8 Å². The third kappa shape index (κ3) is 8.48. The number of rotatable bonds is 13. The van der Waals surface area contributed by atoms with Crippen molar-refractivity contribution in [3.05, 3.63) is 157 Å². The Morgan fingerprint density at radius 1 is 0.812 bits per heavy atom. The molecule has 0 bridgehead atoms. The molecule has 316 valence electrons. The van der Waals surface area contributed by atoms with Gasteiger partial charge in [0.1, 0.15) is 34.4 Å². The minimum atomic E-state index is -0.572. The molecule has 14 nitrogen and oxygen atoms in total. The quantitative estimate of drug-likeness (QED) is 0.105. The number of aromatic amines is 1. The topological polar surface area (TPSA) is 180 Å². The highest BCUT2D eigenvalue weighted by Crippen LogP contribution is 2.46. The number of imidazole rings is 1. The molecular formula is C49H39N9O5S. The molecule has 5 aromatic heterocycles. The fourth-order valence-corrected chi connectivity index (χ4v) is 8.87. The highest BCUT2D eigenvalue weighted by atomic mass is 32.1. The van der Waals surface area contributed by atoms with Crippen LogP contribution in [0.5, 0.6) is 29.0 Å². The zero-order valence-electron chi connectivity index (χ0n) is 34.7. The molecule has 0 amide bonds. The van der Waals surface area contributed by atoms with Gasteiger partial charge in [0.15, 0.2) is 11.0 Å². The monoisotopic (exact) mass is 865 g/mol. The van der Waals surface area contributed by atoms with Gasteiger partial charge >= 0.3 is 0 Å². The maximum absolute atomic E-state index is 13.7. The van der Waals surface area contributed by atoms with Crippen molar-refractivity contribution in [2.45, 2.75) is 38.5 Å². The van der Waals surface area contributed by atoms with Gasteiger partial charge in [-0.15, -0.1) is 0 Å². The number of anilines is 2. The first kappa shape index (κ1) is 40.2. The van der Waals surface area contributed by atoms with E-state index in [1.54, 1.807) is 67.5 Å². The van der Waals surface area contributed by atoms with Crippen molar-refractivity contribution in [2.24, 2.45) is 5.41 Å². The molecule has 5 heterocycles. The van der Waals surface area contributed by atoms with E-state index >= 15 is 0 Å². The lowest BCUT2D eigenvalue weighted by Crippen LogP contribution is -2.33. The number of thiazole rings is 1. The van der Waals surface area contributed by atoms with Crippen LogP contribution in [-0.2, 0) is 11.2 Å². The van der Waals surface area contributed by atoms with Gasteiger partial charge in [0, 0.05) is 48.0 Å². The Labute approximate surface area is 370 Å². The van der Waals surface area contributed by atoms with Crippen LogP contribution in [0.1, 0.15) is 59.7 Å². The number of H-pyrrole nitrogens is 1. The van der Waals surface area contributed by atoms with E-state index in [1.807, 2.05) is 72.8 Å². The minimum absolute atomic E-state index is 0.0617. The molecule has 2 N–H and O–H groups in total. The van der Waals surface area contributed by atoms with E-state index in [0.29, 0.717) is 82.5 Å². The van der Waals surface area contributed by atoms with Crippen LogP contribution >= 0.6 is 11.3 Å². The maximum atomic E-state index is 13.7. The summed E-state index contributed by atoms with van der Waals surface area (Å²) in [7, 11) is 1.59. The van der Waals surface area contributed by atoms with Crippen LogP contribution in [0.3, 0.4) is 0 Å². The van der Waals surface area contributed by atoms with Crippen molar-refractivity contribution in [3.8, 4) is 40.3 Å². The number of fused-ring (bicyclic) bond motifs is 2. The van der Waals surface area contributed by atoms with Crippen molar-refractivity contribution in [1.82, 2.24) is 39.9 Å². The van der Waals surface area contributed by atoms with Crippen molar-refractivity contribution in [3.63, 3.8) is 0 Å². The third-order valence-electron chi connectivity index (χ3n) is 11.3.